The number of nitrogens with zero attached hydrogens (tertiary/aromatic N) is 1. The van der Waals surface area contributed by atoms with Crippen LogP contribution < -0.4 is 10.1 Å². The summed E-state index contributed by atoms with van der Waals surface area (Å²) in [5.41, 5.74) is 0.451. The molecule has 0 spiro atoms. The molecule has 0 aliphatic carbocycles. The van der Waals surface area contributed by atoms with Gasteiger partial charge in [-0.05, 0) is 23.6 Å². The lowest BCUT2D eigenvalue weighted by Gasteiger charge is -2.07. The molecule has 0 radical (unpaired) electrons. The largest absolute Gasteiger partial charge is 0.480 e. The molecule has 4 nitrogen and oxygen atoms in total. The van der Waals surface area contributed by atoms with Gasteiger partial charge in [-0.3, -0.25) is 4.79 Å². The number of methoxy groups -OCH3 is 1. The molecule has 5 heteroatoms. The summed E-state index contributed by atoms with van der Waals surface area (Å²) in [5, 5.41) is 4.81. The van der Waals surface area contributed by atoms with Crippen molar-refractivity contribution in [3.63, 3.8) is 0 Å². The van der Waals surface area contributed by atoms with Gasteiger partial charge >= 0.3 is 0 Å². The molecule has 2 rings (SSSR count). The van der Waals surface area contributed by atoms with Crippen molar-refractivity contribution >= 4 is 17.2 Å². The van der Waals surface area contributed by atoms with Crippen LogP contribution in [0, 0.1) is 0 Å². The fraction of sp³-hybridized carbons (Fsp3) is 0.167. The number of amides is 1. The maximum Gasteiger partial charge on any atom is 0.257 e. The summed E-state index contributed by atoms with van der Waals surface area (Å²) < 4.78 is 5.03. The van der Waals surface area contributed by atoms with E-state index in [1.165, 1.54) is 7.11 Å². The van der Waals surface area contributed by atoms with Gasteiger partial charge in [-0.15, -0.1) is 11.3 Å². The Morgan fingerprint density at radius 3 is 3.06 bits per heavy atom. The Bertz CT molecular complexity index is 497. The Morgan fingerprint density at radius 1 is 1.47 bits per heavy atom. The first-order valence-electron chi connectivity index (χ1n) is 5.11. The van der Waals surface area contributed by atoms with Gasteiger partial charge in [0, 0.05) is 11.1 Å². The van der Waals surface area contributed by atoms with Gasteiger partial charge in [0.2, 0.25) is 5.88 Å². The van der Waals surface area contributed by atoms with Gasteiger partial charge in [0.15, 0.2) is 0 Å². The maximum atomic E-state index is 11.9. The summed E-state index contributed by atoms with van der Waals surface area (Å²) in [4.78, 5) is 17.0. The number of nitrogens with one attached hydrogen (secondary N) is 1. The number of ether oxygens (including phenoxy) is 1. The highest BCUT2D eigenvalue weighted by molar-refractivity contribution is 7.09. The first kappa shape index (κ1) is 11.6. The SMILES string of the molecule is COc1ncccc1C(=O)NCc1cccs1. The molecule has 2 heterocycles. The van der Waals surface area contributed by atoms with Gasteiger partial charge in [0.1, 0.15) is 5.56 Å². The smallest absolute Gasteiger partial charge is 0.257 e. The standard InChI is InChI=1S/C12H12N2O2S/c1-16-12-10(5-2-6-13-12)11(15)14-8-9-4-3-7-17-9/h2-7H,8H2,1H3,(H,14,15). The van der Waals surface area contributed by atoms with Crippen LogP contribution in [-0.4, -0.2) is 18.0 Å². The summed E-state index contributed by atoms with van der Waals surface area (Å²) in [6, 6.07) is 7.33. The summed E-state index contributed by atoms with van der Waals surface area (Å²) in [5.74, 6) is 0.166. The molecule has 17 heavy (non-hydrogen) atoms. The highest BCUT2D eigenvalue weighted by atomic mass is 32.1. The minimum atomic E-state index is -0.177. The van der Waals surface area contributed by atoms with Gasteiger partial charge < -0.3 is 10.1 Å². The first-order chi connectivity index (χ1) is 8.31. The zero-order valence-corrected chi connectivity index (χ0v) is 10.2. The van der Waals surface area contributed by atoms with Crippen LogP contribution >= 0.6 is 11.3 Å². The fourth-order valence-corrected chi connectivity index (χ4v) is 2.05. The molecule has 0 unspecified atom stereocenters. The molecule has 2 aromatic rings. The van der Waals surface area contributed by atoms with Gasteiger partial charge in [0.05, 0.1) is 13.7 Å². The zero-order valence-electron chi connectivity index (χ0n) is 9.34. The summed E-state index contributed by atoms with van der Waals surface area (Å²) in [6.45, 7) is 0.522. The minimum absolute atomic E-state index is 0.177. The molecular weight excluding hydrogens is 236 g/mol. The number of hydrogen-bond donors (Lipinski definition) is 1. The molecule has 0 bridgehead atoms. The van der Waals surface area contributed by atoms with E-state index in [-0.39, 0.29) is 5.91 Å². The molecule has 2 aromatic heterocycles. The van der Waals surface area contributed by atoms with Crippen LogP contribution in [0.1, 0.15) is 15.2 Å². The van der Waals surface area contributed by atoms with Crippen LogP contribution in [0.4, 0.5) is 0 Å². The number of thiophene rings is 1. The second-order valence-electron chi connectivity index (χ2n) is 3.32. The lowest BCUT2D eigenvalue weighted by molar-refractivity contribution is 0.0947. The first-order valence-corrected chi connectivity index (χ1v) is 5.99. The average Bonchev–Trinajstić information content (AvgIpc) is 2.89. The van der Waals surface area contributed by atoms with Crippen LogP contribution in [0.2, 0.25) is 0 Å². The van der Waals surface area contributed by atoms with E-state index in [0.29, 0.717) is 18.0 Å². The van der Waals surface area contributed by atoms with Crippen LogP contribution in [-0.2, 0) is 6.54 Å². The molecular formula is C12H12N2O2S. The summed E-state index contributed by atoms with van der Waals surface area (Å²) in [6.07, 6.45) is 1.59. The predicted molar refractivity (Wildman–Crippen MR) is 66.3 cm³/mol. The van der Waals surface area contributed by atoms with Crippen molar-refractivity contribution in [3.8, 4) is 5.88 Å². The van der Waals surface area contributed by atoms with Crippen molar-refractivity contribution < 1.29 is 9.53 Å². The van der Waals surface area contributed by atoms with E-state index in [2.05, 4.69) is 10.3 Å². The van der Waals surface area contributed by atoms with Crippen LogP contribution in [0.25, 0.3) is 0 Å². The fourth-order valence-electron chi connectivity index (χ4n) is 1.40. The Balaban J connectivity index is 2.04. The van der Waals surface area contributed by atoms with E-state index in [9.17, 15) is 4.79 Å². The quantitative estimate of drug-likeness (QED) is 0.901. The normalized spacial score (nSPS) is 9.94. The zero-order chi connectivity index (χ0) is 12.1. The van der Waals surface area contributed by atoms with E-state index in [1.807, 2.05) is 17.5 Å². The van der Waals surface area contributed by atoms with Crippen LogP contribution in [0.3, 0.4) is 0 Å². The summed E-state index contributed by atoms with van der Waals surface area (Å²) >= 11 is 1.61. The highest BCUT2D eigenvalue weighted by Gasteiger charge is 2.12. The Morgan fingerprint density at radius 2 is 2.35 bits per heavy atom. The van der Waals surface area contributed by atoms with E-state index in [0.717, 1.165) is 4.88 Å². The average molecular weight is 248 g/mol. The van der Waals surface area contributed by atoms with Gasteiger partial charge in [-0.25, -0.2) is 4.98 Å². The molecule has 0 fully saturated rings. The Kier molecular flexibility index (Phi) is 3.72. The Labute approximate surface area is 103 Å². The molecule has 1 amide bonds. The summed E-state index contributed by atoms with van der Waals surface area (Å²) in [7, 11) is 1.50. The van der Waals surface area contributed by atoms with Gasteiger partial charge in [-0.1, -0.05) is 6.07 Å². The molecule has 0 aliphatic heterocycles. The third-order valence-corrected chi connectivity index (χ3v) is 3.09. The van der Waals surface area contributed by atoms with Crippen LogP contribution in [0.5, 0.6) is 5.88 Å². The van der Waals surface area contributed by atoms with Crippen molar-refractivity contribution in [2.24, 2.45) is 0 Å². The van der Waals surface area contributed by atoms with Crippen molar-refractivity contribution in [3.05, 3.63) is 46.3 Å². The van der Waals surface area contributed by atoms with Crippen molar-refractivity contribution in [2.45, 2.75) is 6.54 Å². The number of hydrogen-bond acceptors (Lipinski definition) is 4. The predicted octanol–water partition coefficient (Wildman–Crippen LogP) is 2.08. The monoisotopic (exact) mass is 248 g/mol. The van der Waals surface area contributed by atoms with Crippen LogP contribution in [0.15, 0.2) is 35.8 Å². The van der Waals surface area contributed by atoms with Gasteiger partial charge in [0.25, 0.3) is 5.91 Å². The van der Waals surface area contributed by atoms with Crippen molar-refractivity contribution in [2.75, 3.05) is 7.11 Å². The van der Waals surface area contributed by atoms with E-state index >= 15 is 0 Å². The molecule has 88 valence electrons. The number of pyridine rings is 1. The number of carbonyl (C=O) groups is 1. The lowest BCUT2D eigenvalue weighted by atomic mass is 10.2. The number of aromatic nitrogens is 1. The third-order valence-electron chi connectivity index (χ3n) is 2.21. The molecule has 0 aliphatic rings. The second kappa shape index (κ2) is 5.45. The van der Waals surface area contributed by atoms with Gasteiger partial charge in [-0.2, -0.15) is 0 Å². The molecule has 0 saturated carbocycles. The minimum Gasteiger partial charge on any atom is -0.480 e. The van der Waals surface area contributed by atoms with Crippen molar-refractivity contribution in [1.29, 1.82) is 0 Å². The lowest BCUT2D eigenvalue weighted by Crippen LogP contribution is -2.23. The number of carbonyl (C=O) groups excluding carboxylic acids is 1. The van der Waals surface area contributed by atoms with E-state index in [1.54, 1.807) is 29.7 Å². The van der Waals surface area contributed by atoms with E-state index in [4.69, 9.17) is 4.74 Å². The van der Waals surface area contributed by atoms with Crippen molar-refractivity contribution in [1.82, 2.24) is 10.3 Å². The third kappa shape index (κ3) is 2.82. The topological polar surface area (TPSA) is 51.2 Å². The maximum absolute atomic E-state index is 11.9. The highest BCUT2D eigenvalue weighted by Crippen LogP contribution is 2.14. The Hall–Kier alpha value is -1.88. The molecule has 1 N–H and O–H groups in total. The van der Waals surface area contributed by atoms with E-state index < -0.39 is 0 Å². The second-order valence-corrected chi connectivity index (χ2v) is 4.35. The molecule has 0 atom stereocenters. The number of rotatable bonds is 4. The molecule has 0 saturated heterocycles. The molecule has 0 aromatic carbocycles.